The van der Waals surface area contributed by atoms with Crippen molar-refractivity contribution in [3.8, 4) is 33.8 Å². The summed E-state index contributed by atoms with van der Waals surface area (Å²) in [6.45, 7) is 3.10. The molecule has 5 heteroatoms. The Bertz CT molecular complexity index is 1110. The fourth-order valence-electron chi connectivity index (χ4n) is 3.02. The molecule has 0 bridgehead atoms. The molecule has 0 amide bonds. The Morgan fingerprint density at radius 3 is 1.97 bits per heavy atom. The topological polar surface area (TPSA) is 66.2 Å². The first-order valence-corrected chi connectivity index (χ1v) is 10.0. The third kappa shape index (κ3) is 7.24. The van der Waals surface area contributed by atoms with E-state index in [2.05, 4.69) is 18.2 Å². The van der Waals surface area contributed by atoms with Gasteiger partial charge in [0.2, 0.25) is 0 Å². The molecule has 1 aromatic heterocycles. The maximum Gasteiger partial charge on any atom is 0.0877 e. The van der Waals surface area contributed by atoms with Gasteiger partial charge in [-0.3, -0.25) is 4.98 Å². The van der Waals surface area contributed by atoms with Crippen LogP contribution < -0.4 is 0 Å². The minimum atomic E-state index is -0.537. The van der Waals surface area contributed by atoms with Gasteiger partial charge in [-0.1, -0.05) is 60.7 Å². The van der Waals surface area contributed by atoms with Crippen molar-refractivity contribution in [3.05, 3.63) is 109 Å². The second-order valence-electron chi connectivity index (χ2n) is 7.01. The van der Waals surface area contributed by atoms with Crippen molar-refractivity contribution < 1.29 is 30.3 Å². The van der Waals surface area contributed by atoms with Gasteiger partial charge in [-0.25, -0.2) is 0 Å². The predicted octanol–water partition coefficient (Wildman–Crippen LogP) is 6.10. The monoisotopic (exact) mass is 602 g/mol. The van der Waals surface area contributed by atoms with E-state index < -0.39 is 6.10 Å². The SMILES string of the molecule is C/C(O)=C/C(C)O.[Ir].[c-]1ccccc1-c1ncc(-c2ccccc2)nc1-c1ccccc1. The van der Waals surface area contributed by atoms with E-state index in [-0.39, 0.29) is 25.9 Å². The Morgan fingerprint density at radius 1 is 0.875 bits per heavy atom. The zero-order valence-electron chi connectivity index (χ0n) is 17.9. The molecule has 4 nitrogen and oxygen atoms in total. The molecule has 2 N–H and O–H groups in total. The number of benzene rings is 3. The van der Waals surface area contributed by atoms with Crippen LogP contribution in [0.25, 0.3) is 33.8 Å². The summed E-state index contributed by atoms with van der Waals surface area (Å²) in [7, 11) is 0. The molecule has 4 rings (SSSR count). The van der Waals surface area contributed by atoms with Crippen LogP contribution in [-0.4, -0.2) is 26.3 Å². The summed E-state index contributed by atoms with van der Waals surface area (Å²) in [6.07, 6.45) is 2.66. The third-order valence-corrected chi connectivity index (χ3v) is 4.34. The number of nitrogens with zero attached hydrogens (tertiary/aromatic N) is 2. The number of aliphatic hydroxyl groups is 2. The van der Waals surface area contributed by atoms with Crippen LogP contribution >= 0.6 is 0 Å². The second-order valence-corrected chi connectivity index (χ2v) is 7.01. The first-order valence-electron chi connectivity index (χ1n) is 10.0. The molecule has 0 aliphatic rings. The molecule has 1 radical (unpaired) electrons. The van der Waals surface area contributed by atoms with Gasteiger partial charge < -0.3 is 15.2 Å². The zero-order chi connectivity index (χ0) is 22.1. The molecule has 1 heterocycles. The number of aromatic nitrogens is 2. The summed E-state index contributed by atoms with van der Waals surface area (Å²) in [5, 5.41) is 16.9. The average molecular weight is 602 g/mol. The van der Waals surface area contributed by atoms with E-state index in [9.17, 15) is 0 Å². The molecule has 4 aromatic rings. The first kappa shape index (κ1) is 25.2. The van der Waals surface area contributed by atoms with E-state index in [0.717, 1.165) is 33.8 Å². The summed E-state index contributed by atoms with van der Waals surface area (Å²) in [5.41, 5.74) is 5.65. The van der Waals surface area contributed by atoms with Crippen molar-refractivity contribution in [1.29, 1.82) is 0 Å². The second kappa shape index (κ2) is 12.7. The van der Waals surface area contributed by atoms with Crippen LogP contribution in [0.3, 0.4) is 0 Å². The van der Waals surface area contributed by atoms with Crippen LogP contribution in [0.1, 0.15) is 13.8 Å². The van der Waals surface area contributed by atoms with Crippen molar-refractivity contribution in [3.63, 3.8) is 0 Å². The standard InChI is InChI=1S/C22H15N2.C5H10O2.Ir/c1-4-10-17(11-5-1)20-16-23-21(18-12-6-2-7-13-18)22(24-20)19-14-8-3-9-15-19;1-4(6)3-5(2)7;/h1-12,14-16H;3-4,6-7H,1-2H3;/q-1;;/b;5-3-;. The molecule has 1 unspecified atom stereocenters. The average Bonchev–Trinajstić information content (AvgIpc) is 2.80. The molecule has 1 atom stereocenters. The van der Waals surface area contributed by atoms with Gasteiger partial charge in [0.05, 0.1) is 23.3 Å². The Balaban J connectivity index is 0.000000398. The summed E-state index contributed by atoms with van der Waals surface area (Å²) < 4.78 is 0. The van der Waals surface area contributed by atoms with E-state index in [0.29, 0.717) is 0 Å². The molecular weight excluding hydrogens is 577 g/mol. The molecule has 3 aromatic carbocycles. The Hall–Kier alpha value is -3.11. The molecule has 165 valence electrons. The Kier molecular flexibility index (Phi) is 9.96. The molecule has 0 saturated carbocycles. The molecular formula is C27H25IrN2O2-. The Morgan fingerprint density at radius 2 is 1.47 bits per heavy atom. The molecule has 0 aliphatic carbocycles. The van der Waals surface area contributed by atoms with Crippen molar-refractivity contribution in [2.45, 2.75) is 20.0 Å². The van der Waals surface area contributed by atoms with Gasteiger partial charge in [-0.2, -0.15) is 0 Å². The van der Waals surface area contributed by atoms with Crippen LogP contribution in [0.5, 0.6) is 0 Å². The van der Waals surface area contributed by atoms with Crippen LogP contribution in [0.4, 0.5) is 0 Å². The van der Waals surface area contributed by atoms with Gasteiger partial charge in [0.25, 0.3) is 0 Å². The van der Waals surface area contributed by atoms with Crippen LogP contribution in [0.2, 0.25) is 0 Å². The Labute approximate surface area is 202 Å². The molecule has 0 spiro atoms. The smallest absolute Gasteiger partial charge is 0.0877 e. The number of allylic oxidation sites excluding steroid dienone is 1. The maximum atomic E-state index is 8.49. The molecule has 0 aliphatic heterocycles. The minimum absolute atomic E-state index is 0. The van der Waals surface area contributed by atoms with Gasteiger partial charge in [-0.15, -0.1) is 35.9 Å². The fourth-order valence-corrected chi connectivity index (χ4v) is 3.02. The van der Waals surface area contributed by atoms with E-state index in [1.165, 1.54) is 13.0 Å². The first-order chi connectivity index (χ1) is 15.0. The van der Waals surface area contributed by atoms with E-state index in [4.69, 9.17) is 20.2 Å². The van der Waals surface area contributed by atoms with E-state index in [1.807, 2.05) is 79.0 Å². The quantitative estimate of drug-likeness (QED) is 0.219. The van der Waals surface area contributed by atoms with Crippen molar-refractivity contribution >= 4 is 0 Å². The fraction of sp³-hybridized carbons (Fsp3) is 0.111. The van der Waals surface area contributed by atoms with Gasteiger partial charge in [0.1, 0.15) is 0 Å². The largest absolute Gasteiger partial charge is 0.513 e. The number of hydrogen-bond acceptors (Lipinski definition) is 4. The van der Waals surface area contributed by atoms with Gasteiger partial charge in [0, 0.05) is 37.6 Å². The van der Waals surface area contributed by atoms with Crippen LogP contribution in [-0.2, 0) is 20.1 Å². The van der Waals surface area contributed by atoms with Crippen LogP contribution in [0.15, 0.2) is 103 Å². The summed E-state index contributed by atoms with van der Waals surface area (Å²) in [4.78, 5) is 9.61. The van der Waals surface area contributed by atoms with Gasteiger partial charge in [-0.05, 0) is 25.5 Å². The number of rotatable bonds is 4. The summed E-state index contributed by atoms with van der Waals surface area (Å²) in [5.74, 6) is 0.162. The van der Waals surface area contributed by atoms with Crippen LogP contribution in [0, 0.1) is 6.07 Å². The van der Waals surface area contributed by atoms with Gasteiger partial charge >= 0.3 is 0 Å². The zero-order valence-corrected chi connectivity index (χ0v) is 20.3. The molecule has 0 fully saturated rings. The summed E-state index contributed by atoms with van der Waals surface area (Å²) in [6, 6.07) is 31.4. The minimum Gasteiger partial charge on any atom is -0.513 e. The molecule has 32 heavy (non-hydrogen) atoms. The van der Waals surface area contributed by atoms with Crippen molar-refractivity contribution in [2.75, 3.05) is 0 Å². The van der Waals surface area contributed by atoms with E-state index >= 15 is 0 Å². The van der Waals surface area contributed by atoms with Crippen molar-refractivity contribution in [1.82, 2.24) is 9.97 Å². The van der Waals surface area contributed by atoms with E-state index in [1.54, 1.807) is 6.92 Å². The number of hydrogen-bond donors (Lipinski definition) is 2. The predicted molar refractivity (Wildman–Crippen MR) is 125 cm³/mol. The van der Waals surface area contributed by atoms with Crippen molar-refractivity contribution in [2.24, 2.45) is 0 Å². The number of aliphatic hydroxyl groups excluding tert-OH is 2. The maximum absolute atomic E-state index is 8.49. The summed E-state index contributed by atoms with van der Waals surface area (Å²) >= 11 is 0. The molecule has 0 saturated heterocycles. The normalized spacial score (nSPS) is 11.5. The van der Waals surface area contributed by atoms with Gasteiger partial charge in [0.15, 0.2) is 0 Å². The third-order valence-electron chi connectivity index (χ3n) is 4.34.